The molecule has 4 nitrogen and oxygen atoms in total. The van der Waals surface area contributed by atoms with Crippen molar-refractivity contribution in [3.63, 3.8) is 0 Å². The van der Waals surface area contributed by atoms with Crippen molar-refractivity contribution in [1.29, 1.82) is 0 Å². The van der Waals surface area contributed by atoms with E-state index >= 15 is 0 Å². The molecule has 0 radical (unpaired) electrons. The van der Waals surface area contributed by atoms with Crippen LogP contribution in [-0.4, -0.2) is 37.0 Å². The summed E-state index contributed by atoms with van der Waals surface area (Å²) in [6.07, 6.45) is 0. The van der Waals surface area contributed by atoms with Gasteiger partial charge >= 0.3 is 0 Å². The molecule has 1 aromatic carbocycles. The number of ether oxygens (including phenoxy) is 1. The lowest BCUT2D eigenvalue weighted by atomic mass is 10.1. The Hall–Kier alpha value is -1.07. The SMILES string of the molecule is COc1cc(Br)ccc1C(=O)N1CC(N)C1. The number of amides is 1. The van der Waals surface area contributed by atoms with Crippen LogP contribution in [0.3, 0.4) is 0 Å². The van der Waals surface area contributed by atoms with E-state index in [2.05, 4.69) is 15.9 Å². The third kappa shape index (κ3) is 2.05. The molecule has 16 heavy (non-hydrogen) atoms. The zero-order chi connectivity index (χ0) is 11.7. The molecule has 0 unspecified atom stereocenters. The van der Waals surface area contributed by atoms with Crippen LogP contribution in [0.2, 0.25) is 0 Å². The molecule has 1 saturated heterocycles. The topological polar surface area (TPSA) is 55.6 Å². The second-order valence-corrected chi connectivity index (χ2v) is 4.73. The van der Waals surface area contributed by atoms with Gasteiger partial charge in [-0.3, -0.25) is 4.79 Å². The number of carbonyl (C=O) groups excluding carboxylic acids is 1. The number of carbonyl (C=O) groups is 1. The molecule has 0 aromatic heterocycles. The lowest BCUT2D eigenvalue weighted by Crippen LogP contribution is -2.57. The van der Waals surface area contributed by atoms with Crippen molar-refractivity contribution in [2.75, 3.05) is 20.2 Å². The average Bonchev–Trinajstić information content (AvgIpc) is 2.23. The van der Waals surface area contributed by atoms with Crippen LogP contribution in [0.4, 0.5) is 0 Å². The first-order chi connectivity index (χ1) is 7.61. The van der Waals surface area contributed by atoms with Crippen molar-refractivity contribution in [3.05, 3.63) is 28.2 Å². The monoisotopic (exact) mass is 284 g/mol. The normalized spacial score (nSPS) is 15.8. The number of methoxy groups -OCH3 is 1. The van der Waals surface area contributed by atoms with Gasteiger partial charge in [0.1, 0.15) is 5.75 Å². The summed E-state index contributed by atoms with van der Waals surface area (Å²) in [6.45, 7) is 1.25. The van der Waals surface area contributed by atoms with Gasteiger partial charge in [0, 0.05) is 23.6 Å². The highest BCUT2D eigenvalue weighted by Gasteiger charge is 2.29. The summed E-state index contributed by atoms with van der Waals surface area (Å²) < 4.78 is 6.07. The molecule has 1 aromatic rings. The Morgan fingerprint density at radius 3 is 2.81 bits per heavy atom. The van der Waals surface area contributed by atoms with Gasteiger partial charge in [-0.05, 0) is 18.2 Å². The summed E-state index contributed by atoms with van der Waals surface area (Å²) in [5.74, 6) is 0.561. The fraction of sp³-hybridized carbons (Fsp3) is 0.364. The van der Waals surface area contributed by atoms with Crippen LogP contribution in [0, 0.1) is 0 Å². The first-order valence-corrected chi connectivity index (χ1v) is 5.79. The minimum absolute atomic E-state index is 0.0222. The van der Waals surface area contributed by atoms with Crippen LogP contribution in [0.25, 0.3) is 0 Å². The molecule has 0 atom stereocenters. The fourth-order valence-electron chi connectivity index (χ4n) is 1.69. The molecular formula is C11H13BrN2O2. The van der Waals surface area contributed by atoms with Gasteiger partial charge in [-0.1, -0.05) is 15.9 Å². The molecule has 0 aliphatic carbocycles. The second-order valence-electron chi connectivity index (χ2n) is 3.81. The molecule has 1 aliphatic rings. The van der Waals surface area contributed by atoms with E-state index < -0.39 is 0 Å². The lowest BCUT2D eigenvalue weighted by molar-refractivity contribution is 0.0604. The maximum Gasteiger partial charge on any atom is 0.257 e. The van der Waals surface area contributed by atoms with Gasteiger partial charge in [0.25, 0.3) is 5.91 Å². The minimum Gasteiger partial charge on any atom is -0.496 e. The number of hydrogen-bond donors (Lipinski definition) is 1. The smallest absolute Gasteiger partial charge is 0.257 e. The molecule has 1 fully saturated rings. The number of nitrogens with zero attached hydrogens (tertiary/aromatic N) is 1. The van der Waals surface area contributed by atoms with Gasteiger partial charge in [0.05, 0.1) is 12.7 Å². The van der Waals surface area contributed by atoms with Crippen molar-refractivity contribution in [1.82, 2.24) is 4.90 Å². The first-order valence-electron chi connectivity index (χ1n) is 5.00. The van der Waals surface area contributed by atoms with Crippen LogP contribution in [0.15, 0.2) is 22.7 Å². The Balaban J connectivity index is 2.22. The predicted molar refractivity (Wildman–Crippen MR) is 64.6 cm³/mol. The van der Waals surface area contributed by atoms with Crippen LogP contribution >= 0.6 is 15.9 Å². The third-order valence-electron chi connectivity index (χ3n) is 2.59. The van der Waals surface area contributed by atoms with E-state index in [0.717, 1.165) is 4.47 Å². The molecule has 0 bridgehead atoms. The fourth-order valence-corrected chi connectivity index (χ4v) is 2.03. The van der Waals surface area contributed by atoms with Gasteiger partial charge in [0.15, 0.2) is 0 Å². The van der Waals surface area contributed by atoms with Gasteiger partial charge in [-0.2, -0.15) is 0 Å². The number of benzene rings is 1. The van der Waals surface area contributed by atoms with Gasteiger partial charge < -0.3 is 15.4 Å². The number of nitrogens with two attached hydrogens (primary N) is 1. The van der Waals surface area contributed by atoms with Gasteiger partial charge in [-0.25, -0.2) is 0 Å². The van der Waals surface area contributed by atoms with E-state index in [-0.39, 0.29) is 11.9 Å². The van der Waals surface area contributed by atoms with E-state index in [1.165, 1.54) is 0 Å². The maximum absolute atomic E-state index is 12.0. The molecule has 86 valence electrons. The lowest BCUT2D eigenvalue weighted by Gasteiger charge is -2.37. The van der Waals surface area contributed by atoms with Crippen LogP contribution in [0.5, 0.6) is 5.75 Å². The minimum atomic E-state index is -0.0222. The van der Waals surface area contributed by atoms with E-state index in [1.807, 2.05) is 6.07 Å². The Bertz CT molecular complexity index is 416. The van der Waals surface area contributed by atoms with Crippen LogP contribution < -0.4 is 10.5 Å². The molecule has 1 amide bonds. The van der Waals surface area contributed by atoms with E-state index in [0.29, 0.717) is 24.4 Å². The summed E-state index contributed by atoms with van der Waals surface area (Å²) in [6, 6.07) is 5.49. The van der Waals surface area contributed by atoms with Crippen molar-refractivity contribution >= 4 is 21.8 Å². The first kappa shape index (κ1) is 11.4. The maximum atomic E-state index is 12.0. The number of hydrogen-bond acceptors (Lipinski definition) is 3. The largest absolute Gasteiger partial charge is 0.496 e. The molecule has 0 saturated carbocycles. The zero-order valence-corrected chi connectivity index (χ0v) is 10.5. The van der Waals surface area contributed by atoms with Gasteiger partial charge in [-0.15, -0.1) is 0 Å². The summed E-state index contributed by atoms with van der Waals surface area (Å²) in [7, 11) is 1.56. The van der Waals surface area contributed by atoms with Crippen molar-refractivity contribution in [2.24, 2.45) is 5.73 Å². The molecule has 1 aliphatic heterocycles. The summed E-state index contributed by atoms with van der Waals surface area (Å²) in [5, 5.41) is 0. The highest BCUT2D eigenvalue weighted by atomic mass is 79.9. The third-order valence-corrected chi connectivity index (χ3v) is 3.08. The zero-order valence-electron chi connectivity index (χ0n) is 8.94. The Labute approximate surface area is 102 Å². The van der Waals surface area contributed by atoms with Crippen molar-refractivity contribution < 1.29 is 9.53 Å². The highest BCUT2D eigenvalue weighted by molar-refractivity contribution is 9.10. The number of halogens is 1. The molecule has 1 heterocycles. The van der Waals surface area contributed by atoms with Crippen LogP contribution in [0.1, 0.15) is 10.4 Å². The molecule has 2 N–H and O–H groups in total. The summed E-state index contributed by atoms with van der Waals surface area (Å²) in [5.41, 5.74) is 6.23. The van der Waals surface area contributed by atoms with Crippen molar-refractivity contribution in [3.8, 4) is 5.75 Å². The number of rotatable bonds is 2. The summed E-state index contributed by atoms with van der Waals surface area (Å²) >= 11 is 3.34. The Morgan fingerprint density at radius 2 is 2.25 bits per heavy atom. The molecule has 5 heteroatoms. The second kappa shape index (κ2) is 4.43. The summed E-state index contributed by atoms with van der Waals surface area (Å²) in [4.78, 5) is 13.8. The average molecular weight is 285 g/mol. The Morgan fingerprint density at radius 1 is 1.56 bits per heavy atom. The number of likely N-dealkylation sites (tertiary alicyclic amines) is 1. The van der Waals surface area contributed by atoms with E-state index in [9.17, 15) is 4.79 Å². The molecule has 2 rings (SSSR count). The van der Waals surface area contributed by atoms with E-state index in [1.54, 1.807) is 24.1 Å². The quantitative estimate of drug-likeness (QED) is 0.889. The van der Waals surface area contributed by atoms with Crippen LogP contribution in [-0.2, 0) is 0 Å². The van der Waals surface area contributed by atoms with Gasteiger partial charge in [0.2, 0.25) is 0 Å². The molecular weight excluding hydrogens is 272 g/mol. The predicted octanol–water partition coefficient (Wildman–Crippen LogP) is 1.24. The standard InChI is InChI=1S/C11H13BrN2O2/c1-16-10-4-7(12)2-3-9(10)11(15)14-5-8(13)6-14/h2-4,8H,5-6,13H2,1H3. The van der Waals surface area contributed by atoms with Crippen molar-refractivity contribution in [2.45, 2.75) is 6.04 Å². The van der Waals surface area contributed by atoms with E-state index in [4.69, 9.17) is 10.5 Å². The molecule has 0 spiro atoms. The Kier molecular flexibility index (Phi) is 3.16. The highest BCUT2D eigenvalue weighted by Crippen LogP contribution is 2.25.